The van der Waals surface area contributed by atoms with E-state index in [9.17, 15) is 13.2 Å². The molecule has 1 saturated heterocycles. The van der Waals surface area contributed by atoms with Crippen LogP contribution in [-0.4, -0.2) is 37.2 Å². The molecule has 0 spiro atoms. The second-order valence-electron chi connectivity index (χ2n) is 5.82. The molecule has 2 bridgehead atoms. The average Bonchev–Trinajstić information content (AvgIpc) is 2.39. The molecule has 2 heterocycles. The number of rotatable bonds is 2. The number of nitrogens with zero attached hydrogens (tertiary/aromatic N) is 1. The summed E-state index contributed by atoms with van der Waals surface area (Å²) in [5, 5.41) is 0. The molecule has 2 unspecified atom stereocenters. The molecule has 2 nitrogen and oxygen atoms in total. The lowest BCUT2D eigenvalue weighted by Gasteiger charge is -2.42. The second-order valence-corrected chi connectivity index (χ2v) is 5.82. The van der Waals surface area contributed by atoms with Crippen molar-refractivity contribution in [3.63, 3.8) is 0 Å². The van der Waals surface area contributed by atoms with Crippen molar-refractivity contribution in [2.45, 2.75) is 31.1 Å². The Morgan fingerprint density at radius 1 is 1.19 bits per heavy atom. The van der Waals surface area contributed by atoms with Gasteiger partial charge in [0.2, 0.25) is 0 Å². The van der Waals surface area contributed by atoms with Gasteiger partial charge in [-0.2, -0.15) is 13.2 Å². The van der Waals surface area contributed by atoms with Crippen molar-refractivity contribution in [1.29, 1.82) is 0 Å². The van der Waals surface area contributed by atoms with E-state index in [-0.39, 0.29) is 0 Å². The van der Waals surface area contributed by atoms with Crippen molar-refractivity contribution >= 4 is 0 Å². The number of hydrogen-bond acceptors (Lipinski definition) is 2. The van der Waals surface area contributed by atoms with Gasteiger partial charge in [-0.25, -0.2) is 0 Å². The molecule has 3 rings (SSSR count). The van der Waals surface area contributed by atoms with Gasteiger partial charge in [0.15, 0.2) is 0 Å². The molecule has 0 aromatic heterocycles. The zero-order valence-corrected chi connectivity index (χ0v) is 11.9. The molecule has 1 fully saturated rings. The van der Waals surface area contributed by atoms with E-state index in [2.05, 4.69) is 18.0 Å². The van der Waals surface area contributed by atoms with Crippen LogP contribution in [0, 0.1) is 0 Å². The molecule has 2 aliphatic rings. The third kappa shape index (κ3) is 3.14. The Morgan fingerprint density at radius 2 is 1.90 bits per heavy atom. The number of likely N-dealkylation sites (N-methyl/N-ethyl adjacent to an activating group) is 1. The van der Waals surface area contributed by atoms with Crippen molar-refractivity contribution in [1.82, 2.24) is 4.90 Å². The largest absolute Gasteiger partial charge is 0.416 e. The van der Waals surface area contributed by atoms with Gasteiger partial charge in [0.1, 0.15) is 0 Å². The average molecular weight is 297 g/mol. The van der Waals surface area contributed by atoms with E-state index in [4.69, 9.17) is 4.74 Å². The molecule has 1 aromatic carbocycles. The van der Waals surface area contributed by atoms with Gasteiger partial charge < -0.3 is 4.74 Å². The molecule has 21 heavy (non-hydrogen) atoms. The fraction of sp³-hybridized carbons (Fsp3) is 0.500. The zero-order valence-electron chi connectivity index (χ0n) is 11.9. The summed E-state index contributed by atoms with van der Waals surface area (Å²) in [5.41, 5.74) is 1.64. The number of halogens is 3. The highest BCUT2D eigenvalue weighted by Crippen LogP contribution is 2.31. The Hall–Kier alpha value is -1.33. The minimum absolute atomic E-state index is 0.293. The Balaban J connectivity index is 1.72. The third-order valence-corrected chi connectivity index (χ3v) is 4.34. The molecule has 0 radical (unpaired) electrons. The van der Waals surface area contributed by atoms with Crippen LogP contribution in [0.5, 0.6) is 0 Å². The van der Waals surface area contributed by atoms with Crippen LogP contribution in [0.3, 0.4) is 0 Å². The molecule has 0 amide bonds. The Kier molecular flexibility index (Phi) is 3.80. The monoisotopic (exact) mass is 297 g/mol. The van der Waals surface area contributed by atoms with Gasteiger partial charge in [-0.3, -0.25) is 4.90 Å². The molecule has 114 valence electrons. The predicted octanol–water partition coefficient (Wildman–Crippen LogP) is 3.28. The first-order valence-electron chi connectivity index (χ1n) is 7.09. The lowest BCUT2D eigenvalue weighted by Crippen LogP contribution is -2.51. The summed E-state index contributed by atoms with van der Waals surface area (Å²) in [6, 6.07) is 6.16. The van der Waals surface area contributed by atoms with E-state index in [1.807, 2.05) is 0 Å². The maximum Gasteiger partial charge on any atom is 0.416 e. The molecular formula is C16H18F3NO. The summed E-state index contributed by atoms with van der Waals surface area (Å²) in [6.45, 7) is 1.43. The predicted molar refractivity (Wildman–Crippen MR) is 74.0 cm³/mol. The van der Waals surface area contributed by atoms with Gasteiger partial charge in [0.05, 0.1) is 24.8 Å². The lowest BCUT2D eigenvalue weighted by atomic mass is 9.90. The highest BCUT2D eigenvalue weighted by Gasteiger charge is 2.32. The Bertz CT molecular complexity index is 535. The van der Waals surface area contributed by atoms with E-state index in [1.54, 1.807) is 12.1 Å². The fourth-order valence-electron chi connectivity index (χ4n) is 3.05. The standard InChI is InChI=1S/C16H18F3NO/c1-20-14-7-12(8-15(20)10-21-9-14)6-11-2-4-13(5-3-11)16(17,18)19/h2-5,7,14-15H,6,8-10H2,1H3. The summed E-state index contributed by atoms with van der Waals surface area (Å²) in [7, 11) is 2.10. The van der Waals surface area contributed by atoms with E-state index < -0.39 is 11.7 Å². The number of alkyl halides is 3. The first-order valence-corrected chi connectivity index (χ1v) is 7.09. The van der Waals surface area contributed by atoms with Crippen molar-refractivity contribution < 1.29 is 17.9 Å². The van der Waals surface area contributed by atoms with Gasteiger partial charge in [-0.15, -0.1) is 0 Å². The Labute approximate surface area is 122 Å². The molecule has 1 aromatic rings. The molecule has 2 atom stereocenters. The van der Waals surface area contributed by atoms with Crippen molar-refractivity contribution in [3.05, 3.63) is 47.0 Å². The smallest absolute Gasteiger partial charge is 0.378 e. The topological polar surface area (TPSA) is 12.5 Å². The van der Waals surface area contributed by atoms with Gasteiger partial charge >= 0.3 is 6.18 Å². The summed E-state index contributed by atoms with van der Waals surface area (Å²) in [6.07, 6.45) is -0.417. The summed E-state index contributed by atoms with van der Waals surface area (Å²) >= 11 is 0. The number of morpholine rings is 1. The Morgan fingerprint density at radius 3 is 2.52 bits per heavy atom. The third-order valence-electron chi connectivity index (χ3n) is 4.34. The van der Waals surface area contributed by atoms with Gasteiger partial charge in [-0.05, 0) is 37.6 Å². The summed E-state index contributed by atoms with van der Waals surface area (Å²) < 4.78 is 43.2. The molecule has 0 N–H and O–H groups in total. The SMILES string of the molecule is CN1C2C=C(Cc3ccc(C(F)(F)F)cc3)CC1COC2. The number of benzene rings is 1. The van der Waals surface area contributed by atoms with Crippen molar-refractivity contribution in [2.24, 2.45) is 0 Å². The fourth-order valence-corrected chi connectivity index (χ4v) is 3.05. The van der Waals surface area contributed by atoms with Crippen LogP contribution in [0.4, 0.5) is 13.2 Å². The molecule has 2 aliphatic heterocycles. The highest BCUT2D eigenvalue weighted by molar-refractivity contribution is 5.29. The first kappa shape index (κ1) is 14.6. The van der Waals surface area contributed by atoms with Crippen LogP contribution in [0.2, 0.25) is 0 Å². The van der Waals surface area contributed by atoms with E-state index in [0.717, 1.165) is 37.1 Å². The quantitative estimate of drug-likeness (QED) is 0.777. The number of fused-ring (bicyclic) bond motifs is 2. The van der Waals surface area contributed by atoms with Crippen molar-refractivity contribution in [2.75, 3.05) is 20.3 Å². The van der Waals surface area contributed by atoms with Gasteiger partial charge in [0.25, 0.3) is 0 Å². The summed E-state index contributed by atoms with van der Waals surface area (Å²) in [5.74, 6) is 0. The normalized spacial score (nSPS) is 26.6. The number of ether oxygens (including phenoxy) is 1. The molecule has 5 heteroatoms. The van der Waals surface area contributed by atoms with Crippen LogP contribution in [0.1, 0.15) is 17.5 Å². The minimum Gasteiger partial charge on any atom is -0.378 e. The van der Waals surface area contributed by atoms with E-state index in [0.29, 0.717) is 18.7 Å². The molecule has 0 aliphatic carbocycles. The van der Waals surface area contributed by atoms with Crippen LogP contribution < -0.4 is 0 Å². The van der Waals surface area contributed by atoms with Crippen LogP contribution >= 0.6 is 0 Å². The minimum atomic E-state index is -4.26. The molecule has 0 saturated carbocycles. The second kappa shape index (κ2) is 5.46. The van der Waals surface area contributed by atoms with Crippen molar-refractivity contribution in [3.8, 4) is 0 Å². The van der Waals surface area contributed by atoms with Gasteiger partial charge in [-0.1, -0.05) is 23.8 Å². The highest BCUT2D eigenvalue weighted by atomic mass is 19.4. The number of hydrogen-bond donors (Lipinski definition) is 0. The van der Waals surface area contributed by atoms with Crippen LogP contribution in [0.15, 0.2) is 35.9 Å². The van der Waals surface area contributed by atoms with Crippen LogP contribution in [0.25, 0.3) is 0 Å². The zero-order chi connectivity index (χ0) is 15.0. The maximum absolute atomic E-state index is 12.5. The lowest BCUT2D eigenvalue weighted by molar-refractivity contribution is -0.137. The van der Waals surface area contributed by atoms with E-state index in [1.165, 1.54) is 5.57 Å². The van der Waals surface area contributed by atoms with E-state index >= 15 is 0 Å². The summed E-state index contributed by atoms with van der Waals surface area (Å²) in [4.78, 5) is 2.32. The molecular weight excluding hydrogens is 279 g/mol. The first-order chi connectivity index (χ1) is 9.93. The van der Waals surface area contributed by atoms with Crippen LogP contribution in [-0.2, 0) is 17.3 Å². The van der Waals surface area contributed by atoms with Gasteiger partial charge in [0, 0.05) is 6.04 Å². The maximum atomic E-state index is 12.5.